The van der Waals surface area contributed by atoms with Gasteiger partial charge in [0.2, 0.25) is 4.96 Å². The molecular formula is C19H24N4OS. The fraction of sp³-hybridized carbons (Fsp3) is 0.474. The Morgan fingerprint density at radius 1 is 1.20 bits per heavy atom. The fourth-order valence-corrected chi connectivity index (χ4v) is 4.28. The van der Waals surface area contributed by atoms with Crippen molar-refractivity contribution < 1.29 is 4.74 Å². The van der Waals surface area contributed by atoms with Gasteiger partial charge in [0, 0.05) is 11.6 Å². The first-order chi connectivity index (χ1) is 12.3. The normalized spacial score (nSPS) is 15.6. The van der Waals surface area contributed by atoms with Gasteiger partial charge in [0.15, 0.2) is 5.82 Å². The van der Waals surface area contributed by atoms with Crippen molar-refractivity contribution in [2.45, 2.75) is 51.5 Å². The van der Waals surface area contributed by atoms with Gasteiger partial charge in [-0.25, -0.2) is 4.98 Å². The van der Waals surface area contributed by atoms with E-state index in [1.165, 1.54) is 32.1 Å². The Hall–Kier alpha value is -2.08. The summed E-state index contributed by atoms with van der Waals surface area (Å²) in [5.74, 6) is 1.89. The van der Waals surface area contributed by atoms with E-state index in [9.17, 15) is 0 Å². The van der Waals surface area contributed by atoms with Gasteiger partial charge >= 0.3 is 0 Å². The quantitative estimate of drug-likeness (QED) is 0.715. The van der Waals surface area contributed by atoms with Crippen LogP contribution in [0.3, 0.4) is 0 Å². The molecule has 0 radical (unpaired) electrons. The highest BCUT2D eigenvalue weighted by molar-refractivity contribution is 7.16. The Balaban J connectivity index is 1.75. The number of hydrogen-bond acceptors (Lipinski definition) is 5. The molecule has 2 heterocycles. The lowest BCUT2D eigenvalue weighted by Crippen LogP contribution is -2.23. The summed E-state index contributed by atoms with van der Waals surface area (Å²) in [6.45, 7) is 2.14. The molecule has 0 atom stereocenters. The Morgan fingerprint density at radius 3 is 2.64 bits per heavy atom. The molecule has 6 heteroatoms. The monoisotopic (exact) mass is 356 g/mol. The molecule has 0 bridgehead atoms. The van der Waals surface area contributed by atoms with Gasteiger partial charge in [-0.3, -0.25) is 0 Å². The van der Waals surface area contributed by atoms with Crippen molar-refractivity contribution in [1.82, 2.24) is 14.6 Å². The van der Waals surface area contributed by atoms with Gasteiger partial charge in [-0.1, -0.05) is 37.5 Å². The number of anilines is 1. The number of ether oxygens (including phenoxy) is 1. The smallest absolute Gasteiger partial charge is 0.214 e. The molecule has 0 aliphatic heterocycles. The standard InChI is InChI=1S/C19H24N4OS/c1-3-16-22-23-18(20-14-7-5-4-6-8-14)17(21-19(23)25-16)13-9-11-15(24-2)12-10-13/h9-12,14,20H,3-8H2,1-2H3. The number of aryl methyl sites for hydroxylation is 1. The summed E-state index contributed by atoms with van der Waals surface area (Å²) in [5.41, 5.74) is 2.07. The Bertz CT molecular complexity index is 846. The van der Waals surface area contributed by atoms with Crippen molar-refractivity contribution in [3.63, 3.8) is 0 Å². The molecule has 0 unspecified atom stereocenters. The summed E-state index contributed by atoms with van der Waals surface area (Å²) in [7, 11) is 1.69. The molecule has 132 valence electrons. The van der Waals surface area contributed by atoms with Crippen LogP contribution < -0.4 is 10.1 Å². The second-order valence-corrected chi connectivity index (χ2v) is 7.60. The maximum Gasteiger partial charge on any atom is 0.214 e. The third-order valence-electron chi connectivity index (χ3n) is 4.86. The molecule has 1 fully saturated rings. The Labute approximate surface area is 152 Å². The average Bonchev–Trinajstić information content (AvgIpc) is 3.21. The van der Waals surface area contributed by atoms with Crippen LogP contribution in [0.5, 0.6) is 5.75 Å². The van der Waals surface area contributed by atoms with Crippen LogP contribution in [0.4, 0.5) is 5.82 Å². The van der Waals surface area contributed by atoms with E-state index in [0.29, 0.717) is 6.04 Å². The molecule has 0 amide bonds. The summed E-state index contributed by atoms with van der Waals surface area (Å²) in [6, 6.07) is 8.61. The van der Waals surface area contributed by atoms with E-state index >= 15 is 0 Å². The molecule has 25 heavy (non-hydrogen) atoms. The number of rotatable bonds is 5. The number of aromatic nitrogens is 3. The summed E-state index contributed by atoms with van der Waals surface area (Å²) in [5, 5.41) is 9.63. The maximum absolute atomic E-state index is 5.28. The summed E-state index contributed by atoms with van der Waals surface area (Å²) in [4.78, 5) is 5.85. The molecule has 3 aromatic rings. The van der Waals surface area contributed by atoms with Crippen molar-refractivity contribution in [1.29, 1.82) is 0 Å². The summed E-state index contributed by atoms with van der Waals surface area (Å²) < 4.78 is 7.28. The van der Waals surface area contributed by atoms with Gasteiger partial charge in [-0.15, -0.1) is 0 Å². The van der Waals surface area contributed by atoms with E-state index in [4.69, 9.17) is 14.8 Å². The SMILES string of the molecule is CCc1nn2c(NC3CCCCC3)c(-c3ccc(OC)cc3)nc2s1. The first kappa shape index (κ1) is 16.4. The lowest BCUT2D eigenvalue weighted by atomic mass is 9.95. The van der Waals surface area contributed by atoms with Gasteiger partial charge < -0.3 is 10.1 Å². The van der Waals surface area contributed by atoms with E-state index in [-0.39, 0.29) is 0 Å². The van der Waals surface area contributed by atoms with E-state index in [1.54, 1.807) is 18.4 Å². The van der Waals surface area contributed by atoms with Crippen LogP contribution in [0.1, 0.15) is 44.0 Å². The number of hydrogen-bond donors (Lipinski definition) is 1. The predicted octanol–water partition coefficient (Wildman–Crippen LogP) is 4.77. The van der Waals surface area contributed by atoms with Crippen LogP contribution in [-0.2, 0) is 6.42 Å². The number of methoxy groups -OCH3 is 1. The minimum Gasteiger partial charge on any atom is -0.497 e. The van der Waals surface area contributed by atoms with Crippen LogP contribution in [-0.4, -0.2) is 27.7 Å². The molecule has 1 saturated carbocycles. The van der Waals surface area contributed by atoms with Crippen LogP contribution >= 0.6 is 11.3 Å². The zero-order valence-electron chi connectivity index (χ0n) is 14.8. The van der Waals surface area contributed by atoms with Gasteiger partial charge in [0.1, 0.15) is 16.5 Å². The molecule has 1 N–H and O–H groups in total. The largest absolute Gasteiger partial charge is 0.497 e. The average molecular weight is 356 g/mol. The van der Waals surface area contributed by atoms with E-state index in [1.807, 2.05) is 16.6 Å². The van der Waals surface area contributed by atoms with E-state index in [0.717, 1.165) is 39.2 Å². The van der Waals surface area contributed by atoms with Gasteiger partial charge in [-0.2, -0.15) is 9.61 Å². The van der Waals surface area contributed by atoms with Crippen molar-refractivity contribution in [3.05, 3.63) is 29.3 Å². The summed E-state index contributed by atoms with van der Waals surface area (Å²) >= 11 is 1.67. The zero-order valence-corrected chi connectivity index (χ0v) is 15.6. The number of imidazole rings is 1. The third kappa shape index (κ3) is 3.23. The third-order valence-corrected chi connectivity index (χ3v) is 5.91. The van der Waals surface area contributed by atoms with Crippen LogP contribution in [0.15, 0.2) is 24.3 Å². The Morgan fingerprint density at radius 2 is 1.96 bits per heavy atom. The molecule has 2 aromatic heterocycles. The molecule has 5 nitrogen and oxygen atoms in total. The lowest BCUT2D eigenvalue weighted by molar-refractivity contribution is 0.415. The van der Waals surface area contributed by atoms with Crippen molar-refractivity contribution >= 4 is 22.1 Å². The molecular weight excluding hydrogens is 332 g/mol. The van der Waals surface area contributed by atoms with Crippen LogP contribution in [0.25, 0.3) is 16.2 Å². The fourth-order valence-electron chi connectivity index (χ4n) is 3.45. The number of nitrogens with one attached hydrogen (secondary N) is 1. The topological polar surface area (TPSA) is 51.5 Å². The Kier molecular flexibility index (Phi) is 4.61. The lowest BCUT2D eigenvalue weighted by Gasteiger charge is -2.23. The highest BCUT2D eigenvalue weighted by Gasteiger charge is 2.21. The molecule has 1 aliphatic rings. The van der Waals surface area contributed by atoms with Crippen LogP contribution in [0, 0.1) is 0 Å². The summed E-state index contributed by atoms with van der Waals surface area (Å²) in [6.07, 6.45) is 7.33. The van der Waals surface area contributed by atoms with Crippen molar-refractivity contribution in [2.75, 3.05) is 12.4 Å². The number of nitrogens with zero attached hydrogens (tertiary/aromatic N) is 3. The van der Waals surface area contributed by atoms with Crippen molar-refractivity contribution in [2.24, 2.45) is 0 Å². The molecule has 1 aromatic carbocycles. The van der Waals surface area contributed by atoms with Gasteiger partial charge in [0.25, 0.3) is 0 Å². The first-order valence-corrected chi connectivity index (χ1v) is 9.89. The number of benzene rings is 1. The van der Waals surface area contributed by atoms with Crippen molar-refractivity contribution in [3.8, 4) is 17.0 Å². The molecule has 4 rings (SSSR count). The number of fused-ring (bicyclic) bond motifs is 1. The van der Waals surface area contributed by atoms with Gasteiger partial charge in [-0.05, 0) is 43.5 Å². The second-order valence-electron chi connectivity index (χ2n) is 6.56. The molecule has 0 spiro atoms. The predicted molar refractivity (Wildman–Crippen MR) is 103 cm³/mol. The highest BCUT2D eigenvalue weighted by Crippen LogP contribution is 2.33. The highest BCUT2D eigenvalue weighted by atomic mass is 32.1. The van der Waals surface area contributed by atoms with Crippen LogP contribution in [0.2, 0.25) is 0 Å². The van der Waals surface area contributed by atoms with E-state index < -0.39 is 0 Å². The molecule has 1 aliphatic carbocycles. The minimum atomic E-state index is 0.512. The molecule has 0 saturated heterocycles. The minimum absolute atomic E-state index is 0.512. The maximum atomic E-state index is 5.28. The zero-order chi connectivity index (χ0) is 17.2. The van der Waals surface area contributed by atoms with Gasteiger partial charge in [0.05, 0.1) is 7.11 Å². The first-order valence-electron chi connectivity index (χ1n) is 9.08. The second kappa shape index (κ2) is 7.04. The van der Waals surface area contributed by atoms with E-state index in [2.05, 4.69) is 24.4 Å².